The lowest BCUT2D eigenvalue weighted by molar-refractivity contribution is -0.117. The zero-order chi connectivity index (χ0) is 13.0. The molecule has 2 aromatic rings. The van der Waals surface area contributed by atoms with Gasteiger partial charge in [-0.05, 0) is 12.1 Å². The third-order valence-electron chi connectivity index (χ3n) is 2.24. The Balaban J connectivity index is 2.06. The molecule has 0 atom stereocenters. The van der Waals surface area contributed by atoms with Crippen molar-refractivity contribution in [3.05, 3.63) is 52.9 Å². The first-order chi connectivity index (χ1) is 8.65. The van der Waals surface area contributed by atoms with E-state index in [-0.39, 0.29) is 18.1 Å². The Labute approximate surface area is 103 Å². The summed E-state index contributed by atoms with van der Waals surface area (Å²) in [6, 6.07) is 10.2. The molecule has 0 aliphatic carbocycles. The Kier molecular flexibility index (Phi) is 3.38. The molecule has 0 fully saturated rings. The van der Waals surface area contributed by atoms with Crippen LogP contribution < -0.4 is 16.6 Å². The third kappa shape index (κ3) is 2.94. The average molecular weight is 244 g/mol. The molecule has 0 bridgehead atoms. The molecule has 0 spiro atoms. The van der Waals surface area contributed by atoms with Gasteiger partial charge in [0.15, 0.2) is 0 Å². The molecule has 3 N–H and O–H groups in total. The molecule has 0 aliphatic heterocycles. The van der Waals surface area contributed by atoms with Crippen LogP contribution in [0.15, 0.2) is 47.4 Å². The van der Waals surface area contributed by atoms with E-state index in [2.05, 4.69) is 10.4 Å². The molecular weight excluding hydrogens is 232 g/mol. The first-order valence-electron chi connectivity index (χ1n) is 5.33. The van der Waals surface area contributed by atoms with Crippen molar-refractivity contribution in [1.82, 2.24) is 9.78 Å². The number of hydrogen-bond donors (Lipinski definition) is 2. The van der Waals surface area contributed by atoms with Crippen LogP contribution in [0.5, 0.6) is 0 Å². The highest BCUT2D eigenvalue weighted by Gasteiger charge is 2.05. The van der Waals surface area contributed by atoms with Crippen molar-refractivity contribution in [2.45, 2.75) is 6.54 Å². The normalized spacial score (nSPS) is 10.0. The molecule has 0 aliphatic rings. The fraction of sp³-hybridized carbons (Fsp3) is 0.0833. The van der Waals surface area contributed by atoms with E-state index in [9.17, 15) is 9.59 Å². The molecule has 0 unspecified atom stereocenters. The van der Waals surface area contributed by atoms with E-state index in [1.165, 1.54) is 12.3 Å². The first-order valence-corrected chi connectivity index (χ1v) is 5.33. The second-order valence-corrected chi connectivity index (χ2v) is 3.70. The maximum absolute atomic E-state index is 11.7. The van der Waals surface area contributed by atoms with Gasteiger partial charge >= 0.3 is 0 Å². The molecular formula is C12H12N4O2. The van der Waals surface area contributed by atoms with E-state index in [0.717, 1.165) is 4.68 Å². The van der Waals surface area contributed by atoms with Crippen molar-refractivity contribution >= 4 is 17.3 Å². The largest absolute Gasteiger partial charge is 0.397 e. The summed E-state index contributed by atoms with van der Waals surface area (Å²) in [5, 5.41) is 6.44. The minimum absolute atomic E-state index is 0.145. The molecule has 1 heterocycles. The first kappa shape index (κ1) is 11.8. The van der Waals surface area contributed by atoms with Crippen LogP contribution in [0.1, 0.15) is 0 Å². The summed E-state index contributed by atoms with van der Waals surface area (Å²) in [7, 11) is 0. The van der Waals surface area contributed by atoms with Crippen molar-refractivity contribution in [2.24, 2.45) is 0 Å². The molecule has 0 saturated carbocycles. The zero-order valence-electron chi connectivity index (χ0n) is 9.54. The number of carbonyl (C=O) groups is 1. The molecule has 1 amide bonds. The van der Waals surface area contributed by atoms with E-state index in [1.54, 1.807) is 12.1 Å². The Hall–Kier alpha value is -2.63. The fourth-order valence-electron chi connectivity index (χ4n) is 1.42. The van der Waals surface area contributed by atoms with Gasteiger partial charge in [-0.2, -0.15) is 5.10 Å². The molecule has 6 nitrogen and oxygen atoms in total. The summed E-state index contributed by atoms with van der Waals surface area (Å²) < 4.78 is 1.05. The molecule has 1 aromatic carbocycles. The van der Waals surface area contributed by atoms with Gasteiger partial charge in [0.2, 0.25) is 5.91 Å². The lowest BCUT2D eigenvalue weighted by Gasteiger charge is -2.06. The number of carbonyl (C=O) groups excluding carboxylic acids is 1. The minimum Gasteiger partial charge on any atom is -0.397 e. The summed E-state index contributed by atoms with van der Waals surface area (Å²) in [5.41, 5.74) is 5.95. The van der Waals surface area contributed by atoms with Crippen LogP contribution in [-0.4, -0.2) is 15.7 Å². The van der Waals surface area contributed by atoms with E-state index < -0.39 is 5.56 Å². The minimum atomic E-state index is -0.404. The maximum Gasteiger partial charge on any atom is 0.269 e. The second kappa shape index (κ2) is 5.13. The number of nitrogens with two attached hydrogens (primary N) is 1. The monoisotopic (exact) mass is 244 g/mol. The number of aromatic nitrogens is 2. The van der Waals surface area contributed by atoms with Crippen molar-refractivity contribution < 1.29 is 4.79 Å². The van der Waals surface area contributed by atoms with E-state index >= 15 is 0 Å². The number of benzene rings is 1. The van der Waals surface area contributed by atoms with Crippen LogP contribution in [0.25, 0.3) is 0 Å². The quantitative estimate of drug-likeness (QED) is 0.821. The number of para-hydroxylation sites is 1. The standard InChI is InChI=1S/C12H12N4O2/c13-9-6-12(18)16(14-7-9)8-11(17)15-10-4-2-1-3-5-10/h1-7H,8,13H2,(H,15,17). The average Bonchev–Trinajstić information content (AvgIpc) is 2.34. The van der Waals surface area contributed by atoms with Crippen molar-refractivity contribution in [2.75, 3.05) is 11.1 Å². The Bertz CT molecular complexity index is 607. The van der Waals surface area contributed by atoms with Gasteiger partial charge < -0.3 is 11.1 Å². The second-order valence-electron chi connectivity index (χ2n) is 3.70. The van der Waals surface area contributed by atoms with Gasteiger partial charge in [-0.25, -0.2) is 4.68 Å². The summed E-state index contributed by atoms with van der Waals surface area (Å²) in [4.78, 5) is 23.1. The highest BCUT2D eigenvalue weighted by Crippen LogP contribution is 2.04. The number of nitrogen functional groups attached to an aromatic ring is 1. The van der Waals surface area contributed by atoms with Crippen LogP contribution in [-0.2, 0) is 11.3 Å². The van der Waals surface area contributed by atoms with Crippen molar-refractivity contribution in [3.8, 4) is 0 Å². The molecule has 1 aromatic heterocycles. The van der Waals surface area contributed by atoms with Crippen LogP contribution in [0.3, 0.4) is 0 Å². The van der Waals surface area contributed by atoms with Gasteiger partial charge in [-0.1, -0.05) is 18.2 Å². The van der Waals surface area contributed by atoms with Gasteiger partial charge in [0, 0.05) is 11.8 Å². The number of amides is 1. The highest BCUT2D eigenvalue weighted by molar-refractivity contribution is 5.90. The Morgan fingerprint density at radius 3 is 2.72 bits per heavy atom. The van der Waals surface area contributed by atoms with E-state index in [0.29, 0.717) is 5.69 Å². The van der Waals surface area contributed by atoms with Crippen LogP contribution in [0.2, 0.25) is 0 Å². The number of nitrogens with zero attached hydrogens (tertiary/aromatic N) is 2. The van der Waals surface area contributed by atoms with Crippen molar-refractivity contribution in [1.29, 1.82) is 0 Å². The Morgan fingerprint density at radius 1 is 1.33 bits per heavy atom. The number of rotatable bonds is 3. The molecule has 92 valence electrons. The molecule has 0 radical (unpaired) electrons. The van der Waals surface area contributed by atoms with E-state index in [4.69, 9.17) is 5.73 Å². The predicted octanol–water partition coefficient (Wildman–Crippen LogP) is 0.464. The third-order valence-corrected chi connectivity index (χ3v) is 2.24. The van der Waals surface area contributed by atoms with Gasteiger partial charge in [0.1, 0.15) is 6.54 Å². The summed E-state index contributed by atoms with van der Waals surface area (Å²) in [6.07, 6.45) is 1.33. The summed E-state index contributed by atoms with van der Waals surface area (Å²) >= 11 is 0. The van der Waals surface area contributed by atoms with Gasteiger partial charge in [0.05, 0.1) is 11.9 Å². The maximum atomic E-state index is 11.7. The number of hydrogen-bond acceptors (Lipinski definition) is 4. The van der Waals surface area contributed by atoms with Crippen LogP contribution >= 0.6 is 0 Å². The van der Waals surface area contributed by atoms with Gasteiger partial charge in [-0.15, -0.1) is 0 Å². The molecule has 6 heteroatoms. The van der Waals surface area contributed by atoms with Gasteiger partial charge in [0.25, 0.3) is 5.56 Å². The highest BCUT2D eigenvalue weighted by atomic mass is 16.2. The number of nitrogens with one attached hydrogen (secondary N) is 1. The summed E-state index contributed by atoms with van der Waals surface area (Å²) in [5.74, 6) is -0.319. The van der Waals surface area contributed by atoms with Gasteiger partial charge in [-0.3, -0.25) is 9.59 Å². The molecule has 18 heavy (non-hydrogen) atoms. The van der Waals surface area contributed by atoms with E-state index in [1.807, 2.05) is 18.2 Å². The van der Waals surface area contributed by atoms with Crippen LogP contribution in [0.4, 0.5) is 11.4 Å². The lowest BCUT2D eigenvalue weighted by Crippen LogP contribution is -2.29. The summed E-state index contributed by atoms with van der Waals surface area (Å²) in [6.45, 7) is -0.145. The van der Waals surface area contributed by atoms with Crippen molar-refractivity contribution in [3.63, 3.8) is 0 Å². The zero-order valence-corrected chi connectivity index (χ0v) is 9.54. The smallest absolute Gasteiger partial charge is 0.269 e. The SMILES string of the molecule is Nc1cnn(CC(=O)Nc2ccccc2)c(=O)c1. The topological polar surface area (TPSA) is 90.0 Å². The fourth-order valence-corrected chi connectivity index (χ4v) is 1.42. The molecule has 2 rings (SSSR count). The lowest BCUT2D eigenvalue weighted by atomic mass is 10.3. The van der Waals surface area contributed by atoms with Crippen LogP contribution in [0, 0.1) is 0 Å². The number of anilines is 2. The Morgan fingerprint density at radius 2 is 2.06 bits per heavy atom. The predicted molar refractivity (Wildman–Crippen MR) is 68.0 cm³/mol. The molecule has 0 saturated heterocycles.